The van der Waals surface area contributed by atoms with Crippen molar-refractivity contribution >= 4 is 23.3 Å². The van der Waals surface area contributed by atoms with E-state index >= 15 is 0 Å². The number of carbonyl (C=O) groups is 1. The number of halogens is 1. The Bertz CT molecular complexity index is 969. The van der Waals surface area contributed by atoms with Crippen LogP contribution in [0.2, 0.25) is 5.02 Å². The number of hydrogen-bond donors (Lipinski definition) is 1. The van der Waals surface area contributed by atoms with Gasteiger partial charge in [0, 0.05) is 22.8 Å². The van der Waals surface area contributed by atoms with Gasteiger partial charge in [0.15, 0.2) is 5.82 Å². The summed E-state index contributed by atoms with van der Waals surface area (Å²) in [5.41, 5.74) is 2.36. The van der Waals surface area contributed by atoms with Gasteiger partial charge in [0.1, 0.15) is 11.5 Å². The van der Waals surface area contributed by atoms with Crippen LogP contribution in [0.3, 0.4) is 0 Å². The Hall–Kier alpha value is -2.99. The molecule has 0 aliphatic carbocycles. The predicted molar refractivity (Wildman–Crippen MR) is 105 cm³/mol. The molecule has 0 saturated carbocycles. The van der Waals surface area contributed by atoms with Crippen LogP contribution in [0.4, 0.5) is 5.82 Å². The third-order valence-electron chi connectivity index (χ3n) is 4.10. The van der Waals surface area contributed by atoms with Crippen LogP contribution < -0.4 is 14.8 Å². The molecule has 0 fully saturated rings. The average molecular weight is 386 g/mol. The van der Waals surface area contributed by atoms with Gasteiger partial charge in [-0.05, 0) is 36.8 Å². The molecule has 0 unspecified atom stereocenters. The zero-order valence-corrected chi connectivity index (χ0v) is 16.1. The minimum Gasteiger partial charge on any atom is -0.497 e. The van der Waals surface area contributed by atoms with Crippen molar-refractivity contribution < 1.29 is 14.3 Å². The molecule has 1 N–H and O–H groups in total. The number of aryl methyl sites for hydroxylation is 1. The van der Waals surface area contributed by atoms with Gasteiger partial charge in [0.05, 0.1) is 26.3 Å². The third kappa shape index (κ3) is 4.41. The van der Waals surface area contributed by atoms with E-state index in [-0.39, 0.29) is 5.91 Å². The SMILES string of the molecule is COc1ccc(C(=O)Nc2cc(C)n(Cc3cccc(Cl)c3)n2)c(OC)c1. The standard InChI is InChI=1S/C20H20ClN3O3/c1-13-9-19(23-24(13)12-14-5-4-6-15(21)10-14)22-20(25)17-8-7-16(26-2)11-18(17)27-3/h4-11H,12H2,1-3H3,(H,22,23,25). The monoisotopic (exact) mass is 385 g/mol. The molecule has 0 bridgehead atoms. The van der Waals surface area contributed by atoms with E-state index in [0.717, 1.165) is 11.3 Å². The van der Waals surface area contributed by atoms with Gasteiger partial charge in [0.25, 0.3) is 5.91 Å². The lowest BCUT2D eigenvalue weighted by molar-refractivity contribution is 0.102. The van der Waals surface area contributed by atoms with E-state index < -0.39 is 0 Å². The van der Waals surface area contributed by atoms with Crippen LogP contribution in [0.5, 0.6) is 11.5 Å². The second kappa shape index (κ2) is 8.14. The first-order chi connectivity index (χ1) is 13.0. The Morgan fingerprint density at radius 3 is 2.67 bits per heavy atom. The first kappa shape index (κ1) is 18.8. The minimum atomic E-state index is -0.304. The molecule has 1 amide bonds. The maximum atomic E-state index is 12.6. The zero-order valence-electron chi connectivity index (χ0n) is 15.3. The highest BCUT2D eigenvalue weighted by molar-refractivity contribution is 6.30. The van der Waals surface area contributed by atoms with Gasteiger partial charge < -0.3 is 14.8 Å². The second-order valence-corrected chi connectivity index (χ2v) is 6.42. The number of benzene rings is 2. The van der Waals surface area contributed by atoms with Gasteiger partial charge in [-0.25, -0.2) is 0 Å². The molecule has 6 nitrogen and oxygen atoms in total. The number of rotatable bonds is 6. The molecule has 0 radical (unpaired) electrons. The number of ether oxygens (including phenoxy) is 2. The van der Waals surface area contributed by atoms with Crippen molar-refractivity contribution in [2.45, 2.75) is 13.5 Å². The molecule has 1 aromatic heterocycles. The van der Waals surface area contributed by atoms with Crippen LogP contribution in [0.15, 0.2) is 48.5 Å². The Morgan fingerprint density at radius 1 is 1.15 bits per heavy atom. The van der Waals surface area contributed by atoms with Crippen molar-refractivity contribution in [3.8, 4) is 11.5 Å². The maximum Gasteiger partial charge on any atom is 0.260 e. The lowest BCUT2D eigenvalue weighted by Gasteiger charge is -2.09. The number of amides is 1. The van der Waals surface area contributed by atoms with Gasteiger partial charge in [-0.15, -0.1) is 0 Å². The molecule has 3 rings (SSSR count). The Labute approximate surface area is 162 Å². The van der Waals surface area contributed by atoms with Crippen LogP contribution in [0, 0.1) is 6.92 Å². The van der Waals surface area contributed by atoms with Gasteiger partial charge in [-0.3, -0.25) is 9.48 Å². The summed E-state index contributed by atoms with van der Waals surface area (Å²) in [5.74, 6) is 1.21. The molecule has 1 heterocycles. The fourth-order valence-corrected chi connectivity index (χ4v) is 2.92. The van der Waals surface area contributed by atoms with Crippen LogP contribution >= 0.6 is 11.6 Å². The van der Waals surface area contributed by atoms with Crippen LogP contribution in [-0.4, -0.2) is 29.9 Å². The first-order valence-corrected chi connectivity index (χ1v) is 8.70. The van der Waals surface area contributed by atoms with Gasteiger partial charge in [-0.1, -0.05) is 23.7 Å². The van der Waals surface area contributed by atoms with Crippen molar-refractivity contribution in [3.05, 3.63) is 70.4 Å². The lowest BCUT2D eigenvalue weighted by Crippen LogP contribution is -2.14. The summed E-state index contributed by atoms with van der Waals surface area (Å²) in [5, 5.41) is 7.95. The number of anilines is 1. The predicted octanol–water partition coefficient (Wildman–Crippen LogP) is 4.16. The van der Waals surface area contributed by atoms with E-state index in [1.165, 1.54) is 7.11 Å². The number of aromatic nitrogens is 2. The van der Waals surface area contributed by atoms with E-state index in [4.69, 9.17) is 21.1 Å². The largest absolute Gasteiger partial charge is 0.497 e. The number of carbonyl (C=O) groups excluding carboxylic acids is 1. The Morgan fingerprint density at radius 2 is 1.96 bits per heavy atom. The molecular weight excluding hydrogens is 366 g/mol. The van der Waals surface area contributed by atoms with E-state index in [1.807, 2.05) is 41.9 Å². The Balaban J connectivity index is 1.77. The quantitative estimate of drug-likeness (QED) is 0.691. The molecule has 0 spiro atoms. The molecule has 0 saturated heterocycles. The third-order valence-corrected chi connectivity index (χ3v) is 4.33. The summed E-state index contributed by atoms with van der Waals surface area (Å²) < 4.78 is 12.3. The second-order valence-electron chi connectivity index (χ2n) is 5.98. The molecule has 3 aromatic rings. The molecular formula is C20H20ClN3O3. The molecule has 140 valence electrons. The van der Waals surface area contributed by atoms with Crippen molar-refractivity contribution in [3.63, 3.8) is 0 Å². The van der Waals surface area contributed by atoms with Crippen molar-refractivity contribution in [1.29, 1.82) is 0 Å². The number of nitrogens with zero attached hydrogens (tertiary/aromatic N) is 2. The van der Waals surface area contributed by atoms with E-state index in [1.54, 1.807) is 25.3 Å². The summed E-state index contributed by atoms with van der Waals surface area (Å²) in [6.07, 6.45) is 0. The molecule has 27 heavy (non-hydrogen) atoms. The first-order valence-electron chi connectivity index (χ1n) is 8.32. The lowest BCUT2D eigenvalue weighted by atomic mass is 10.1. The molecule has 7 heteroatoms. The van der Waals surface area contributed by atoms with E-state index in [0.29, 0.717) is 34.4 Å². The summed E-state index contributed by atoms with van der Waals surface area (Å²) in [4.78, 5) is 12.6. The summed E-state index contributed by atoms with van der Waals surface area (Å²) in [6, 6.07) is 14.4. The van der Waals surface area contributed by atoms with Crippen LogP contribution in [0.25, 0.3) is 0 Å². The summed E-state index contributed by atoms with van der Waals surface area (Å²) >= 11 is 6.04. The topological polar surface area (TPSA) is 65.4 Å². The van der Waals surface area contributed by atoms with Gasteiger partial charge in [0.2, 0.25) is 0 Å². The summed E-state index contributed by atoms with van der Waals surface area (Å²) in [7, 11) is 3.07. The number of nitrogens with one attached hydrogen (secondary N) is 1. The van der Waals surface area contributed by atoms with Crippen molar-refractivity contribution in [2.24, 2.45) is 0 Å². The molecule has 0 aliphatic heterocycles. The normalized spacial score (nSPS) is 10.5. The van der Waals surface area contributed by atoms with Gasteiger partial charge >= 0.3 is 0 Å². The maximum absolute atomic E-state index is 12.6. The highest BCUT2D eigenvalue weighted by atomic mass is 35.5. The van der Waals surface area contributed by atoms with Crippen LogP contribution in [0.1, 0.15) is 21.6 Å². The average Bonchev–Trinajstić information content (AvgIpc) is 2.99. The number of methoxy groups -OCH3 is 2. The van der Waals surface area contributed by atoms with Crippen LogP contribution in [-0.2, 0) is 6.54 Å². The number of hydrogen-bond acceptors (Lipinski definition) is 4. The van der Waals surface area contributed by atoms with Crippen molar-refractivity contribution in [2.75, 3.05) is 19.5 Å². The van der Waals surface area contributed by atoms with Gasteiger partial charge in [-0.2, -0.15) is 5.10 Å². The molecule has 0 aliphatic rings. The fourth-order valence-electron chi connectivity index (χ4n) is 2.71. The highest BCUT2D eigenvalue weighted by Crippen LogP contribution is 2.25. The van der Waals surface area contributed by atoms with E-state index in [2.05, 4.69) is 10.4 Å². The molecule has 2 aromatic carbocycles. The highest BCUT2D eigenvalue weighted by Gasteiger charge is 2.15. The van der Waals surface area contributed by atoms with Crippen molar-refractivity contribution in [1.82, 2.24) is 9.78 Å². The Kier molecular flexibility index (Phi) is 5.66. The van der Waals surface area contributed by atoms with E-state index in [9.17, 15) is 4.79 Å². The zero-order chi connectivity index (χ0) is 19.4. The summed E-state index contributed by atoms with van der Waals surface area (Å²) in [6.45, 7) is 2.50. The molecule has 0 atom stereocenters. The fraction of sp³-hybridized carbons (Fsp3) is 0.200. The smallest absolute Gasteiger partial charge is 0.260 e. The minimum absolute atomic E-state index is 0.304.